The molecule has 7 heteroatoms. The third kappa shape index (κ3) is 14.5. The predicted octanol–water partition coefficient (Wildman–Crippen LogP) is 12.7. The zero-order valence-corrected chi connectivity index (χ0v) is 36.3. The van der Waals surface area contributed by atoms with Gasteiger partial charge in [-0.25, -0.2) is 0 Å². The summed E-state index contributed by atoms with van der Waals surface area (Å²) in [5, 5.41) is 0. The fourth-order valence-corrected chi connectivity index (χ4v) is 20.0. The Kier molecular flexibility index (Phi) is 16.1. The molecular formula is C39H76O4Si3. The van der Waals surface area contributed by atoms with Gasteiger partial charge in [-0.15, -0.1) is 0 Å². The van der Waals surface area contributed by atoms with E-state index in [9.17, 15) is 0 Å². The van der Waals surface area contributed by atoms with Crippen molar-refractivity contribution in [3.8, 4) is 11.5 Å². The molecule has 0 saturated carbocycles. The van der Waals surface area contributed by atoms with Crippen LogP contribution < -0.4 is 9.47 Å². The van der Waals surface area contributed by atoms with E-state index < -0.39 is 25.2 Å². The molecule has 0 spiro atoms. The molecule has 1 heterocycles. The van der Waals surface area contributed by atoms with Crippen molar-refractivity contribution >= 4 is 25.2 Å². The zero-order chi connectivity index (χ0) is 34.9. The second kappa shape index (κ2) is 17.9. The lowest BCUT2D eigenvalue weighted by molar-refractivity contribution is 0.0511. The largest absolute Gasteiger partial charge is 0.493 e. The number of fused-ring (bicyclic) bond motifs is 1. The molecule has 46 heavy (non-hydrogen) atoms. The first-order valence-electron chi connectivity index (χ1n) is 19.0. The van der Waals surface area contributed by atoms with E-state index in [1.807, 2.05) is 0 Å². The SMILES string of the molecule is Cc1c(C)c2c(c(C)c1OCCC[Si](C)(O[Si](C)(C)C)O[Si](C)(C)C)CC[C@@](C)(CCC[C@H](C)CCC[C@H](C)CCCC(C)C)O2. The Morgan fingerprint density at radius 2 is 1.22 bits per heavy atom. The summed E-state index contributed by atoms with van der Waals surface area (Å²) < 4.78 is 26.9. The van der Waals surface area contributed by atoms with Crippen molar-refractivity contribution in [2.75, 3.05) is 6.61 Å². The minimum atomic E-state index is -2.25. The third-order valence-electron chi connectivity index (χ3n) is 9.90. The summed E-state index contributed by atoms with van der Waals surface area (Å²) >= 11 is 0. The molecule has 0 aliphatic carbocycles. The van der Waals surface area contributed by atoms with Crippen molar-refractivity contribution < 1.29 is 17.7 Å². The van der Waals surface area contributed by atoms with E-state index in [1.165, 1.54) is 73.6 Å². The maximum atomic E-state index is 6.90. The van der Waals surface area contributed by atoms with Crippen LogP contribution in [-0.2, 0) is 14.7 Å². The van der Waals surface area contributed by atoms with Gasteiger partial charge in [-0.2, -0.15) is 0 Å². The summed E-state index contributed by atoms with van der Waals surface area (Å²) in [6.07, 6.45) is 15.1. The van der Waals surface area contributed by atoms with Crippen LogP contribution in [0.2, 0.25) is 51.9 Å². The monoisotopic (exact) mass is 693 g/mol. The van der Waals surface area contributed by atoms with E-state index in [1.54, 1.807) is 0 Å². The highest BCUT2D eigenvalue weighted by atomic mass is 28.5. The van der Waals surface area contributed by atoms with Gasteiger partial charge in [-0.05, 0) is 146 Å². The van der Waals surface area contributed by atoms with Crippen molar-refractivity contribution in [3.05, 3.63) is 22.3 Å². The average molecular weight is 693 g/mol. The van der Waals surface area contributed by atoms with Gasteiger partial charge < -0.3 is 17.7 Å². The summed E-state index contributed by atoms with van der Waals surface area (Å²) in [7, 11) is -5.64. The first kappa shape index (κ1) is 41.6. The van der Waals surface area contributed by atoms with Crippen LogP contribution in [0.3, 0.4) is 0 Å². The summed E-state index contributed by atoms with van der Waals surface area (Å²) in [5.41, 5.74) is 5.02. The molecule has 1 aliphatic heterocycles. The molecule has 0 aromatic heterocycles. The lowest BCUT2D eigenvalue weighted by atomic mass is 9.83. The standard InChI is InChI=1S/C39H76O4Si3/c1-30(2)20-16-21-31(3)22-17-23-32(4)24-18-26-39(8)27-25-36-35(7)37(33(5)34(6)38(36)41-39)40-28-19-29-46(15,42-44(9,10)11)43-45(12,13)14/h30-32H,16-29H2,1-15H3/t31-,32-,39-/m1/s1. The predicted molar refractivity (Wildman–Crippen MR) is 208 cm³/mol. The normalized spacial score (nSPS) is 18.8. The highest BCUT2D eigenvalue weighted by Crippen LogP contribution is 2.45. The van der Waals surface area contributed by atoms with Crippen molar-refractivity contribution in [1.82, 2.24) is 0 Å². The van der Waals surface area contributed by atoms with E-state index in [0.717, 1.165) is 61.0 Å². The van der Waals surface area contributed by atoms with Gasteiger partial charge in [0.25, 0.3) is 0 Å². The lowest BCUT2D eigenvalue weighted by Crippen LogP contribution is -2.52. The minimum Gasteiger partial charge on any atom is -0.493 e. The number of hydrogen-bond acceptors (Lipinski definition) is 4. The van der Waals surface area contributed by atoms with Crippen LogP contribution >= 0.6 is 0 Å². The maximum Gasteiger partial charge on any atom is 0.314 e. The Bertz CT molecular complexity index is 1060. The Morgan fingerprint density at radius 3 is 1.74 bits per heavy atom. The summed E-state index contributed by atoms with van der Waals surface area (Å²) in [5.74, 6) is 4.71. The van der Waals surface area contributed by atoms with Gasteiger partial charge in [0, 0.05) is 5.56 Å². The third-order valence-corrected chi connectivity index (χ3v) is 19.5. The van der Waals surface area contributed by atoms with Gasteiger partial charge in [0.1, 0.15) is 17.1 Å². The first-order valence-corrected chi connectivity index (χ1v) is 28.3. The molecule has 2 rings (SSSR count). The van der Waals surface area contributed by atoms with Crippen LogP contribution in [0.25, 0.3) is 0 Å². The van der Waals surface area contributed by atoms with Gasteiger partial charge in [0.2, 0.25) is 0 Å². The summed E-state index contributed by atoms with van der Waals surface area (Å²) in [6.45, 7) is 35.2. The fraction of sp³-hybridized carbons (Fsp3) is 0.846. The smallest absolute Gasteiger partial charge is 0.314 e. The Labute approximate surface area is 290 Å². The van der Waals surface area contributed by atoms with Gasteiger partial charge in [0.15, 0.2) is 16.6 Å². The molecule has 0 bridgehead atoms. The molecule has 1 aliphatic rings. The Balaban J connectivity index is 1.91. The van der Waals surface area contributed by atoms with Gasteiger partial charge in [-0.1, -0.05) is 72.6 Å². The van der Waals surface area contributed by atoms with Crippen LogP contribution in [0.15, 0.2) is 0 Å². The van der Waals surface area contributed by atoms with Crippen molar-refractivity contribution in [3.63, 3.8) is 0 Å². The quantitative estimate of drug-likeness (QED) is 0.0949. The van der Waals surface area contributed by atoms with E-state index in [2.05, 4.69) is 101 Å². The molecule has 3 atom stereocenters. The Morgan fingerprint density at radius 1 is 0.696 bits per heavy atom. The van der Waals surface area contributed by atoms with Crippen LogP contribution in [0.5, 0.6) is 11.5 Å². The molecule has 4 nitrogen and oxygen atoms in total. The summed E-state index contributed by atoms with van der Waals surface area (Å²) in [6, 6.07) is 0.973. The molecule has 1 aromatic rings. The van der Waals surface area contributed by atoms with Crippen LogP contribution in [-0.4, -0.2) is 37.4 Å². The molecule has 0 saturated heterocycles. The molecule has 268 valence electrons. The van der Waals surface area contributed by atoms with E-state index >= 15 is 0 Å². The maximum absolute atomic E-state index is 6.90. The second-order valence-corrected chi connectivity index (χ2v) is 30.8. The van der Waals surface area contributed by atoms with E-state index in [-0.39, 0.29) is 5.60 Å². The molecule has 0 fully saturated rings. The molecular weight excluding hydrogens is 617 g/mol. The number of benzene rings is 1. The highest BCUT2D eigenvalue weighted by Gasteiger charge is 2.40. The fourth-order valence-electron chi connectivity index (χ4n) is 7.46. The second-order valence-electron chi connectivity index (χ2n) is 17.9. The molecule has 0 unspecified atom stereocenters. The molecule has 0 amide bonds. The van der Waals surface area contributed by atoms with Gasteiger partial charge in [-0.3, -0.25) is 0 Å². The van der Waals surface area contributed by atoms with Crippen LogP contribution in [0, 0.1) is 38.5 Å². The molecule has 0 N–H and O–H groups in total. The van der Waals surface area contributed by atoms with Crippen molar-refractivity contribution in [1.29, 1.82) is 0 Å². The van der Waals surface area contributed by atoms with Crippen LogP contribution in [0.1, 0.15) is 128 Å². The van der Waals surface area contributed by atoms with E-state index in [0.29, 0.717) is 6.61 Å². The van der Waals surface area contributed by atoms with Crippen molar-refractivity contribution in [2.24, 2.45) is 17.8 Å². The first-order chi connectivity index (χ1) is 21.1. The number of rotatable bonds is 21. The van der Waals surface area contributed by atoms with Gasteiger partial charge >= 0.3 is 8.56 Å². The number of ether oxygens (including phenoxy) is 2. The van der Waals surface area contributed by atoms with Crippen LogP contribution in [0.4, 0.5) is 0 Å². The minimum absolute atomic E-state index is 0.0779. The average Bonchev–Trinajstić information content (AvgIpc) is 2.89. The number of hydrogen-bond donors (Lipinski definition) is 0. The zero-order valence-electron chi connectivity index (χ0n) is 33.3. The molecule has 0 radical (unpaired) electrons. The van der Waals surface area contributed by atoms with E-state index in [4.69, 9.17) is 17.7 Å². The van der Waals surface area contributed by atoms with Gasteiger partial charge in [0.05, 0.1) is 6.61 Å². The highest BCUT2D eigenvalue weighted by molar-refractivity contribution is 6.87. The Hall–Kier alpha value is -0.609. The molecule has 1 aromatic carbocycles. The van der Waals surface area contributed by atoms with Crippen molar-refractivity contribution in [2.45, 2.75) is 190 Å². The lowest BCUT2D eigenvalue weighted by Gasteiger charge is -2.39. The topological polar surface area (TPSA) is 36.9 Å². The summed E-state index contributed by atoms with van der Waals surface area (Å²) in [4.78, 5) is 0.